The van der Waals surface area contributed by atoms with Gasteiger partial charge in [0.25, 0.3) is 0 Å². The molecular weight excluding hydrogens is 373 g/mol. The van der Waals surface area contributed by atoms with Crippen LogP contribution >= 0.6 is 23.2 Å². The summed E-state index contributed by atoms with van der Waals surface area (Å²) in [5, 5.41) is 8.06. The molecule has 1 aliphatic rings. The number of halogens is 2. The number of nitrogens with zero attached hydrogens (tertiary/aromatic N) is 2. The number of rotatable bonds is 6. The molecule has 136 valence electrons. The highest BCUT2D eigenvalue weighted by atomic mass is 35.5. The third kappa shape index (κ3) is 3.72. The van der Waals surface area contributed by atoms with Crippen LogP contribution in [0.4, 0.5) is 5.95 Å². The molecule has 0 saturated carbocycles. The maximum atomic E-state index is 6.24. The van der Waals surface area contributed by atoms with Crippen molar-refractivity contribution in [2.24, 2.45) is 0 Å². The molecule has 0 saturated heterocycles. The van der Waals surface area contributed by atoms with Crippen molar-refractivity contribution < 1.29 is 4.74 Å². The normalized spacial score (nSPS) is 16.3. The van der Waals surface area contributed by atoms with E-state index in [9.17, 15) is 0 Å². The van der Waals surface area contributed by atoms with Crippen LogP contribution in [0, 0.1) is 0 Å². The van der Waals surface area contributed by atoms with Crippen LogP contribution in [0.2, 0.25) is 10.0 Å². The summed E-state index contributed by atoms with van der Waals surface area (Å²) in [6.45, 7) is 2.31. The van der Waals surface area contributed by atoms with Crippen molar-refractivity contribution in [3.63, 3.8) is 0 Å². The smallest absolute Gasteiger partial charge is 0.202 e. The Balaban J connectivity index is 1.29. The van der Waals surface area contributed by atoms with Gasteiger partial charge in [-0.15, -0.1) is 0 Å². The monoisotopic (exact) mass is 391 g/mol. The number of benzene rings is 1. The Labute approximate surface area is 161 Å². The molecule has 0 bridgehead atoms. The van der Waals surface area contributed by atoms with Gasteiger partial charge in [-0.05, 0) is 37.2 Å². The maximum absolute atomic E-state index is 6.24. The van der Waals surface area contributed by atoms with Gasteiger partial charge in [-0.2, -0.15) is 4.98 Å². The summed E-state index contributed by atoms with van der Waals surface area (Å²) in [4.78, 5) is 11.8. The van der Waals surface area contributed by atoms with E-state index in [4.69, 9.17) is 27.9 Å². The van der Waals surface area contributed by atoms with Crippen LogP contribution in [0.3, 0.4) is 0 Å². The number of fused-ring (bicyclic) bond motifs is 2. The number of imidazole rings is 1. The Morgan fingerprint density at radius 2 is 2.19 bits per heavy atom. The van der Waals surface area contributed by atoms with Crippen LogP contribution < -0.4 is 15.4 Å². The molecule has 0 unspecified atom stereocenters. The molecule has 0 aliphatic carbocycles. The molecule has 3 N–H and O–H groups in total. The minimum atomic E-state index is 0.199. The molecule has 8 heteroatoms. The van der Waals surface area contributed by atoms with Gasteiger partial charge in [0.2, 0.25) is 5.95 Å². The zero-order valence-electron chi connectivity index (χ0n) is 14.1. The molecular formula is C18H19Cl2N5O. The molecule has 1 aromatic carbocycles. The number of pyridine rings is 1. The van der Waals surface area contributed by atoms with Gasteiger partial charge in [-0.3, -0.25) is 0 Å². The number of nitrogens with one attached hydrogen (secondary N) is 3. The fourth-order valence-electron chi connectivity index (χ4n) is 3.14. The zero-order valence-corrected chi connectivity index (χ0v) is 15.6. The van der Waals surface area contributed by atoms with Crippen molar-refractivity contribution in [2.45, 2.75) is 18.9 Å². The van der Waals surface area contributed by atoms with Crippen LogP contribution in [0.1, 0.15) is 24.4 Å². The average Bonchev–Trinajstić information content (AvgIpc) is 3.04. The molecule has 6 nitrogen and oxygen atoms in total. The maximum Gasteiger partial charge on any atom is 0.202 e. The van der Waals surface area contributed by atoms with Crippen LogP contribution in [0.25, 0.3) is 11.2 Å². The molecule has 1 atom stereocenters. The summed E-state index contributed by atoms with van der Waals surface area (Å²) in [6.07, 6.45) is 3.58. The van der Waals surface area contributed by atoms with Crippen molar-refractivity contribution in [3.8, 4) is 5.75 Å². The lowest BCUT2D eigenvalue weighted by Crippen LogP contribution is -2.28. The number of aromatic nitrogens is 3. The van der Waals surface area contributed by atoms with Crippen molar-refractivity contribution in [3.05, 3.63) is 46.1 Å². The molecule has 2 aromatic heterocycles. The predicted molar refractivity (Wildman–Crippen MR) is 104 cm³/mol. The van der Waals surface area contributed by atoms with Gasteiger partial charge in [0.05, 0.1) is 17.1 Å². The largest absolute Gasteiger partial charge is 0.492 e. The Hall–Kier alpha value is -2.02. The minimum absolute atomic E-state index is 0.199. The standard InChI is InChI=1S/C18H19Cl2N5O/c19-11-9-12-14(4-8-26-16(12)13(20)10-11)21-6-2-7-23-18-24-15-3-1-5-22-17(15)25-18/h1,3,5,9-10,14,21H,2,4,6-8H2,(H2,22,23,24,25)/t14-/m1/s1. The van der Waals surface area contributed by atoms with Crippen molar-refractivity contribution in [2.75, 3.05) is 25.0 Å². The van der Waals surface area contributed by atoms with Crippen LogP contribution in [-0.2, 0) is 0 Å². The van der Waals surface area contributed by atoms with Gasteiger partial charge in [-0.25, -0.2) is 4.98 Å². The first kappa shape index (κ1) is 17.4. The SMILES string of the molecule is Clc1cc(Cl)c2c(c1)[C@H](NCCCNc1nc3ncccc3[nH]1)CCO2. The fraction of sp³-hybridized carbons (Fsp3) is 0.333. The number of hydrogen-bond donors (Lipinski definition) is 3. The first-order chi connectivity index (χ1) is 12.7. The van der Waals surface area contributed by atoms with Gasteiger partial charge >= 0.3 is 0 Å². The van der Waals surface area contributed by atoms with Crippen molar-refractivity contribution in [1.82, 2.24) is 20.3 Å². The lowest BCUT2D eigenvalue weighted by Gasteiger charge is -2.27. The first-order valence-corrected chi connectivity index (χ1v) is 9.36. The summed E-state index contributed by atoms with van der Waals surface area (Å²) in [5.74, 6) is 1.49. The summed E-state index contributed by atoms with van der Waals surface area (Å²) in [6, 6.07) is 7.69. The number of ether oxygens (including phenoxy) is 1. The molecule has 0 radical (unpaired) electrons. The number of hydrogen-bond acceptors (Lipinski definition) is 5. The lowest BCUT2D eigenvalue weighted by atomic mass is 10.0. The summed E-state index contributed by atoms with van der Waals surface area (Å²) in [5.41, 5.74) is 2.69. The van der Waals surface area contributed by atoms with Gasteiger partial charge in [-0.1, -0.05) is 23.2 Å². The Kier molecular flexibility index (Phi) is 5.15. The molecule has 26 heavy (non-hydrogen) atoms. The average molecular weight is 392 g/mol. The second kappa shape index (κ2) is 7.70. The molecule has 4 rings (SSSR count). The van der Waals surface area contributed by atoms with Gasteiger partial charge in [0, 0.05) is 35.8 Å². The molecule has 0 fully saturated rings. The lowest BCUT2D eigenvalue weighted by molar-refractivity contribution is 0.253. The van der Waals surface area contributed by atoms with Gasteiger partial charge in [0.15, 0.2) is 5.65 Å². The molecule has 3 heterocycles. The number of H-pyrrole nitrogens is 1. The van der Waals surface area contributed by atoms with E-state index < -0.39 is 0 Å². The van der Waals surface area contributed by atoms with E-state index in [-0.39, 0.29) is 6.04 Å². The summed E-state index contributed by atoms with van der Waals surface area (Å²) in [7, 11) is 0. The topological polar surface area (TPSA) is 74.9 Å². The van der Waals surface area contributed by atoms with E-state index in [1.807, 2.05) is 18.2 Å². The predicted octanol–water partition coefficient (Wildman–Crippen LogP) is 4.18. The molecule has 0 amide bonds. The molecule has 0 spiro atoms. The molecule has 1 aliphatic heterocycles. The van der Waals surface area contributed by atoms with E-state index >= 15 is 0 Å². The third-order valence-corrected chi connectivity index (χ3v) is 4.86. The number of aromatic amines is 1. The Bertz CT molecular complexity index is 881. The number of anilines is 1. The van der Waals surface area contributed by atoms with E-state index in [0.717, 1.165) is 54.4 Å². The van der Waals surface area contributed by atoms with E-state index in [2.05, 4.69) is 25.6 Å². The van der Waals surface area contributed by atoms with Crippen LogP contribution in [0.5, 0.6) is 5.75 Å². The Morgan fingerprint density at radius 1 is 1.27 bits per heavy atom. The highest BCUT2D eigenvalue weighted by molar-refractivity contribution is 6.35. The molecule has 3 aromatic rings. The summed E-state index contributed by atoms with van der Waals surface area (Å²) >= 11 is 12.4. The summed E-state index contributed by atoms with van der Waals surface area (Å²) < 4.78 is 5.69. The third-order valence-electron chi connectivity index (χ3n) is 4.36. The highest BCUT2D eigenvalue weighted by Crippen LogP contribution is 2.39. The van der Waals surface area contributed by atoms with Crippen LogP contribution in [0.15, 0.2) is 30.5 Å². The van der Waals surface area contributed by atoms with Crippen molar-refractivity contribution >= 4 is 40.3 Å². The van der Waals surface area contributed by atoms with E-state index in [1.165, 1.54) is 0 Å². The van der Waals surface area contributed by atoms with Gasteiger partial charge < -0.3 is 20.4 Å². The highest BCUT2D eigenvalue weighted by Gasteiger charge is 2.23. The van der Waals surface area contributed by atoms with Gasteiger partial charge in [0.1, 0.15) is 5.75 Å². The van der Waals surface area contributed by atoms with Crippen molar-refractivity contribution in [1.29, 1.82) is 0 Å². The quantitative estimate of drug-likeness (QED) is 0.549. The van der Waals surface area contributed by atoms with Crippen LogP contribution in [-0.4, -0.2) is 34.6 Å². The second-order valence-corrected chi connectivity index (χ2v) is 7.03. The Morgan fingerprint density at radius 3 is 3.08 bits per heavy atom. The minimum Gasteiger partial charge on any atom is -0.492 e. The zero-order chi connectivity index (χ0) is 17.9. The fourth-order valence-corrected chi connectivity index (χ4v) is 3.70. The van der Waals surface area contributed by atoms with E-state index in [0.29, 0.717) is 16.7 Å². The second-order valence-electron chi connectivity index (χ2n) is 6.19. The van der Waals surface area contributed by atoms with E-state index in [1.54, 1.807) is 12.3 Å². The first-order valence-electron chi connectivity index (χ1n) is 8.60.